The van der Waals surface area contributed by atoms with Crippen molar-refractivity contribution in [1.29, 1.82) is 0 Å². The minimum absolute atomic E-state index is 0.0315. The van der Waals surface area contributed by atoms with E-state index < -0.39 is 0 Å². The van der Waals surface area contributed by atoms with Gasteiger partial charge in [0.2, 0.25) is 5.91 Å². The van der Waals surface area contributed by atoms with Gasteiger partial charge in [-0.05, 0) is 43.9 Å². The van der Waals surface area contributed by atoms with Crippen LogP contribution in [0, 0.1) is 5.92 Å². The summed E-state index contributed by atoms with van der Waals surface area (Å²) in [6, 6.07) is 8.42. The van der Waals surface area contributed by atoms with E-state index in [2.05, 4.69) is 23.6 Å². The Hall–Kier alpha value is -1.51. The highest BCUT2D eigenvalue weighted by molar-refractivity contribution is 5.89. The van der Waals surface area contributed by atoms with Gasteiger partial charge in [-0.2, -0.15) is 0 Å². The molecule has 0 heterocycles. The van der Waals surface area contributed by atoms with Crippen molar-refractivity contribution in [2.75, 3.05) is 10.6 Å². The van der Waals surface area contributed by atoms with E-state index in [0.717, 1.165) is 17.3 Å². The predicted molar refractivity (Wildman–Crippen MR) is 75.8 cm³/mol. The Balaban J connectivity index is 1.97. The zero-order valence-electron chi connectivity index (χ0n) is 11.2. The van der Waals surface area contributed by atoms with Gasteiger partial charge >= 0.3 is 0 Å². The van der Waals surface area contributed by atoms with Crippen molar-refractivity contribution in [3.63, 3.8) is 0 Å². The Labute approximate surface area is 109 Å². The SMILES string of the molecule is CC(=O)Nc1cccc(NC(C)C2CCCC2)c1. The van der Waals surface area contributed by atoms with Crippen molar-refractivity contribution < 1.29 is 4.79 Å². The first-order valence-corrected chi connectivity index (χ1v) is 6.79. The molecule has 1 fully saturated rings. The quantitative estimate of drug-likeness (QED) is 0.851. The van der Waals surface area contributed by atoms with Crippen LogP contribution in [-0.2, 0) is 4.79 Å². The minimum atomic E-state index is -0.0315. The molecule has 1 aromatic rings. The summed E-state index contributed by atoms with van der Waals surface area (Å²) in [7, 11) is 0. The van der Waals surface area contributed by atoms with Crippen LogP contribution < -0.4 is 10.6 Å². The Kier molecular flexibility index (Phi) is 4.24. The number of benzene rings is 1. The lowest BCUT2D eigenvalue weighted by molar-refractivity contribution is -0.114. The lowest BCUT2D eigenvalue weighted by atomic mass is 9.99. The fourth-order valence-corrected chi connectivity index (χ4v) is 2.73. The second kappa shape index (κ2) is 5.89. The summed E-state index contributed by atoms with van der Waals surface area (Å²) in [6.45, 7) is 3.78. The average Bonchev–Trinajstić information content (AvgIpc) is 2.81. The molecule has 3 heteroatoms. The summed E-state index contributed by atoms with van der Waals surface area (Å²) in [4.78, 5) is 11.0. The normalized spacial score (nSPS) is 17.4. The average molecular weight is 246 g/mol. The van der Waals surface area contributed by atoms with E-state index in [1.165, 1.54) is 32.6 Å². The van der Waals surface area contributed by atoms with Gasteiger partial charge in [0.1, 0.15) is 0 Å². The van der Waals surface area contributed by atoms with Crippen LogP contribution in [0.3, 0.4) is 0 Å². The molecule has 0 aliphatic heterocycles. The van der Waals surface area contributed by atoms with Crippen molar-refractivity contribution in [2.24, 2.45) is 5.92 Å². The molecular formula is C15H22N2O. The minimum Gasteiger partial charge on any atom is -0.382 e. The highest BCUT2D eigenvalue weighted by Crippen LogP contribution is 2.29. The van der Waals surface area contributed by atoms with Gasteiger partial charge in [-0.25, -0.2) is 0 Å². The second-order valence-corrected chi connectivity index (χ2v) is 5.24. The Morgan fingerprint density at radius 2 is 1.94 bits per heavy atom. The lowest BCUT2D eigenvalue weighted by Gasteiger charge is -2.21. The highest BCUT2D eigenvalue weighted by atomic mass is 16.1. The maximum atomic E-state index is 11.0. The van der Waals surface area contributed by atoms with Crippen LogP contribution >= 0.6 is 0 Å². The molecule has 2 N–H and O–H groups in total. The summed E-state index contributed by atoms with van der Waals surface area (Å²) in [6.07, 6.45) is 5.39. The molecule has 0 bridgehead atoms. The molecule has 1 saturated carbocycles. The molecule has 1 aromatic carbocycles. The number of amides is 1. The summed E-state index contributed by atoms with van der Waals surface area (Å²) in [5.74, 6) is 0.755. The first-order valence-electron chi connectivity index (χ1n) is 6.79. The monoisotopic (exact) mass is 246 g/mol. The first kappa shape index (κ1) is 12.9. The molecule has 1 aliphatic rings. The van der Waals surface area contributed by atoms with E-state index in [9.17, 15) is 4.79 Å². The fourth-order valence-electron chi connectivity index (χ4n) is 2.73. The third kappa shape index (κ3) is 3.49. The molecule has 98 valence electrons. The Bertz CT molecular complexity index is 411. The van der Waals surface area contributed by atoms with Gasteiger partial charge in [0.25, 0.3) is 0 Å². The van der Waals surface area contributed by atoms with Crippen LogP contribution in [0.15, 0.2) is 24.3 Å². The molecular weight excluding hydrogens is 224 g/mol. The molecule has 2 rings (SSSR count). The van der Waals surface area contributed by atoms with Crippen LogP contribution in [0.4, 0.5) is 11.4 Å². The van der Waals surface area contributed by atoms with E-state index in [1.807, 2.05) is 18.2 Å². The largest absolute Gasteiger partial charge is 0.382 e. The molecule has 1 amide bonds. The maximum Gasteiger partial charge on any atom is 0.221 e. The highest BCUT2D eigenvalue weighted by Gasteiger charge is 2.21. The van der Waals surface area contributed by atoms with Crippen molar-refractivity contribution >= 4 is 17.3 Å². The van der Waals surface area contributed by atoms with Crippen molar-refractivity contribution in [3.8, 4) is 0 Å². The van der Waals surface area contributed by atoms with Crippen molar-refractivity contribution in [3.05, 3.63) is 24.3 Å². The van der Waals surface area contributed by atoms with Crippen LogP contribution in [0.5, 0.6) is 0 Å². The summed E-state index contributed by atoms with van der Waals surface area (Å²) in [5.41, 5.74) is 1.94. The standard InChI is InChI=1S/C15H22N2O/c1-11(13-6-3-4-7-13)16-14-8-5-9-15(10-14)17-12(2)18/h5,8-11,13,16H,3-4,6-7H2,1-2H3,(H,17,18). The first-order chi connectivity index (χ1) is 8.65. The van der Waals surface area contributed by atoms with Gasteiger partial charge in [0.15, 0.2) is 0 Å². The molecule has 1 aliphatic carbocycles. The summed E-state index contributed by atoms with van der Waals surface area (Å²) < 4.78 is 0. The van der Waals surface area contributed by atoms with Crippen molar-refractivity contribution in [1.82, 2.24) is 0 Å². The second-order valence-electron chi connectivity index (χ2n) is 5.24. The van der Waals surface area contributed by atoms with E-state index in [1.54, 1.807) is 0 Å². The fraction of sp³-hybridized carbons (Fsp3) is 0.533. The van der Waals surface area contributed by atoms with Gasteiger partial charge in [0.05, 0.1) is 0 Å². The van der Waals surface area contributed by atoms with Crippen LogP contribution in [0.2, 0.25) is 0 Å². The summed E-state index contributed by atoms with van der Waals surface area (Å²) in [5, 5.41) is 6.36. The van der Waals surface area contributed by atoms with Gasteiger partial charge in [0, 0.05) is 24.3 Å². The summed E-state index contributed by atoms with van der Waals surface area (Å²) >= 11 is 0. The third-order valence-electron chi connectivity index (χ3n) is 3.68. The molecule has 3 nitrogen and oxygen atoms in total. The molecule has 0 saturated heterocycles. The molecule has 1 unspecified atom stereocenters. The van der Waals surface area contributed by atoms with Gasteiger partial charge in [-0.15, -0.1) is 0 Å². The van der Waals surface area contributed by atoms with E-state index in [0.29, 0.717) is 6.04 Å². The number of anilines is 2. The van der Waals surface area contributed by atoms with E-state index in [-0.39, 0.29) is 5.91 Å². The number of carbonyl (C=O) groups excluding carboxylic acids is 1. The predicted octanol–water partition coefficient (Wildman–Crippen LogP) is 3.64. The topological polar surface area (TPSA) is 41.1 Å². The number of carbonyl (C=O) groups is 1. The zero-order chi connectivity index (χ0) is 13.0. The molecule has 0 radical (unpaired) electrons. The number of nitrogens with one attached hydrogen (secondary N) is 2. The lowest BCUT2D eigenvalue weighted by Crippen LogP contribution is -2.23. The molecule has 1 atom stereocenters. The van der Waals surface area contributed by atoms with Gasteiger partial charge in [-0.3, -0.25) is 4.79 Å². The van der Waals surface area contributed by atoms with Crippen LogP contribution in [0.25, 0.3) is 0 Å². The van der Waals surface area contributed by atoms with Crippen molar-refractivity contribution in [2.45, 2.75) is 45.6 Å². The van der Waals surface area contributed by atoms with E-state index in [4.69, 9.17) is 0 Å². The maximum absolute atomic E-state index is 11.0. The van der Waals surface area contributed by atoms with Crippen LogP contribution in [-0.4, -0.2) is 11.9 Å². The Morgan fingerprint density at radius 1 is 1.28 bits per heavy atom. The Morgan fingerprint density at radius 3 is 2.61 bits per heavy atom. The smallest absolute Gasteiger partial charge is 0.221 e. The molecule has 0 spiro atoms. The third-order valence-corrected chi connectivity index (χ3v) is 3.68. The number of hydrogen-bond donors (Lipinski definition) is 2. The molecule has 0 aromatic heterocycles. The zero-order valence-corrected chi connectivity index (χ0v) is 11.2. The number of rotatable bonds is 4. The van der Waals surface area contributed by atoms with Crippen LogP contribution in [0.1, 0.15) is 39.5 Å². The number of hydrogen-bond acceptors (Lipinski definition) is 2. The van der Waals surface area contributed by atoms with Gasteiger partial charge < -0.3 is 10.6 Å². The molecule has 18 heavy (non-hydrogen) atoms. The van der Waals surface area contributed by atoms with Gasteiger partial charge in [-0.1, -0.05) is 18.9 Å². The van der Waals surface area contributed by atoms with E-state index >= 15 is 0 Å².